The highest BCUT2D eigenvalue weighted by Crippen LogP contribution is 2.32. The maximum absolute atomic E-state index is 14.3. The van der Waals surface area contributed by atoms with Crippen molar-refractivity contribution in [1.29, 1.82) is 0 Å². The molecule has 2 rings (SSSR count). The number of hydrogen-bond donors (Lipinski definition) is 2. The summed E-state index contributed by atoms with van der Waals surface area (Å²) < 4.78 is 5.45. The summed E-state index contributed by atoms with van der Waals surface area (Å²) in [6.45, 7) is 10.9. The Balaban J connectivity index is 2.66. The molecule has 0 spiro atoms. The van der Waals surface area contributed by atoms with E-state index in [4.69, 9.17) is 22.8 Å². The van der Waals surface area contributed by atoms with Crippen molar-refractivity contribution in [2.75, 3.05) is 17.3 Å². The fraction of sp³-hybridized carbons (Fsp3) is 0.452. The van der Waals surface area contributed by atoms with Gasteiger partial charge in [-0.1, -0.05) is 54.8 Å². The maximum atomic E-state index is 14.3. The topological polar surface area (TPSA) is 87.7 Å². The summed E-state index contributed by atoms with van der Waals surface area (Å²) in [4.78, 5) is 42.8. The molecule has 2 aromatic rings. The van der Waals surface area contributed by atoms with Crippen LogP contribution in [0.4, 0.5) is 10.5 Å². The first kappa shape index (κ1) is 33.1. The minimum absolute atomic E-state index is 0.348. The van der Waals surface area contributed by atoms with Gasteiger partial charge in [0.2, 0.25) is 5.91 Å². The minimum Gasteiger partial charge on any atom is -0.444 e. The number of aryl methyl sites for hydroxylation is 1. The van der Waals surface area contributed by atoms with Gasteiger partial charge in [-0.3, -0.25) is 9.59 Å². The molecule has 0 bridgehead atoms. The molecular weight excluding hydrogens is 546 g/mol. The van der Waals surface area contributed by atoms with E-state index in [1.165, 1.54) is 4.90 Å². The molecule has 2 aromatic carbocycles. The summed E-state index contributed by atoms with van der Waals surface area (Å²) >= 11 is 7.99. The van der Waals surface area contributed by atoms with Crippen molar-refractivity contribution in [3.8, 4) is 12.3 Å². The second-order valence-electron chi connectivity index (χ2n) is 10.5. The number of hydrogen-bond acceptors (Lipinski definition) is 5. The van der Waals surface area contributed by atoms with E-state index >= 15 is 0 Å². The van der Waals surface area contributed by atoms with E-state index in [0.717, 1.165) is 5.56 Å². The van der Waals surface area contributed by atoms with Gasteiger partial charge >= 0.3 is 6.09 Å². The van der Waals surface area contributed by atoms with E-state index in [1.54, 1.807) is 68.9 Å². The molecule has 216 valence electrons. The smallest absolute Gasteiger partial charge is 0.408 e. The zero-order valence-corrected chi connectivity index (χ0v) is 25.9. The Morgan fingerprint density at radius 1 is 1.15 bits per heavy atom. The first-order chi connectivity index (χ1) is 18.8. The van der Waals surface area contributed by atoms with Gasteiger partial charge in [-0.15, -0.1) is 6.42 Å². The number of alkyl carbamates (subject to hydrolysis) is 1. The van der Waals surface area contributed by atoms with E-state index in [-0.39, 0.29) is 6.04 Å². The van der Waals surface area contributed by atoms with Crippen LogP contribution in [-0.2, 0) is 14.3 Å². The number of halogens is 1. The van der Waals surface area contributed by atoms with Crippen LogP contribution in [0.2, 0.25) is 5.02 Å². The number of nitrogens with zero attached hydrogens (tertiary/aromatic N) is 1. The number of carbonyl (C=O) groups excluding carboxylic acids is 3. The second-order valence-corrected chi connectivity index (χ2v) is 11.9. The molecule has 0 radical (unpaired) electrons. The van der Waals surface area contributed by atoms with Crippen LogP contribution >= 0.6 is 23.4 Å². The number of ether oxygens (including phenoxy) is 1. The SMILES string of the molecule is C#Cc1ccccc1C(C(=O)Nc1c(C)cccc1Cl)N(C(=O)C(CCSC)NC(=O)OC(C)(C)C)C(C)CC. The first-order valence-electron chi connectivity index (χ1n) is 13.3. The molecule has 7 nitrogen and oxygen atoms in total. The van der Waals surface area contributed by atoms with E-state index < -0.39 is 35.6 Å². The molecule has 0 heterocycles. The number of nitrogens with one attached hydrogen (secondary N) is 2. The third-order valence-electron chi connectivity index (χ3n) is 6.33. The summed E-state index contributed by atoms with van der Waals surface area (Å²) in [5.74, 6) is 2.39. The maximum Gasteiger partial charge on any atom is 0.408 e. The average molecular weight is 586 g/mol. The predicted molar refractivity (Wildman–Crippen MR) is 165 cm³/mol. The molecule has 0 aromatic heterocycles. The van der Waals surface area contributed by atoms with E-state index in [1.807, 2.05) is 33.1 Å². The van der Waals surface area contributed by atoms with Crippen molar-refractivity contribution >= 4 is 47.0 Å². The van der Waals surface area contributed by atoms with Gasteiger partial charge in [0.05, 0.1) is 10.7 Å². The van der Waals surface area contributed by atoms with Gasteiger partial charge in [-0.05, 0) is 82.7 Å². The molecule has 0 saturated heterocycles. The van der Waals surface area contributed by atoms with Gasteiger partial charge in [0.15, 0.2) is 0 Å². The van der Waals surface area contributed by atoms with Gasteiger partial charge in [0, 0.05) is 11.6 Å². The third kappa shape index (κ3) is 8.94. The average Bonchev–Trinajstić information content (AvgIpc) is 2.89. The van der Waals surface area contributed by atoms with E-state index in [9.17, 15) is 14.4 Å². The van der Waals surface area contributed by atoms with Crippen molar-refractivity contribution in [2.45, 2.75) is 78.1 Å². The summed E-state index contributed by atoms with van der Waals surface area (Å²) in [7, 11) is 0. The van der Waals surface area contributed by atoms with Crippen LogP contribution in [0.1, 0.15) is 70.2 Å². The lowest BCUT2D eigenvalue weighted by atomic mass is 9.95. The molecule has 2 N–H and O–H groups in total. The molecule has 0 aliphatic rings. The van der Waals surface area contributed by atoms with Crippen LogP contribution in [-0.4, -0.2) is 52.5 Å². The number of terminal acetylenes is 1. The standard InChI is InChI=1S/C31H40ClN3O4S/c1-9-21(4)35(29(37)25(18-19-40-8)33-30(38)39-31(5,6)7)27(23-16-12-11-15-22(23)10-2)28(36)34-26-20(3)14-13-17-24(26)32/h2,11-17,21,25,27H,9,18-19H2,1,3-8H3,(H,33,38)(H,34,36). The fourth-order valence-electron chi connectivity index (χ4n) is 4.18. The van der Waals surface area contributed by atoms with Crippen LogP contribution in [0, 0.1) is 19.3 Å². The lowest BCUT2D eigenvalue weighted by Crippen LogP contribution is -2.55. The quantitative estimate of drug-likeness (QED) is 0.291. The summed E-state index contributed by atoms with van der Waals surface area (Å²) in [6.07, 6.45) is 7.97. The molecule has 3 amide bonds. The zero-order valence-electron chi connectivity index (χ0n) is 24.3. The van der Waals surface area contributed by atoms with Gasteiger partial charge in [0.25, 0.3) is 5.91 Å². The number of benzene rings is 2. The highest BCUT2D eigenvalue weighted by Gasteiger charge is 2.39. The minimum atomic E-state index is -1.09. The Morgan fingerprint density at radius 3 is 2.40 bits per heavy atom. The van der Waals surface area contributed by atoms with Crippen molar-refractivity contribution in [3.05, 3.63) is 64.2 Å². The Kier molecular flexibility index (Phi) is 12.4. The normalized spacial score (nSPS) is 13.4. The summed E-state index contributed by atoms with van der Waals surface area (Å²) in [5, 5.41) is 6.08. The lowest BCUT2D eigenvalue weighted by molar-refractivity contribution is -0.143. The highest BCUT2D eigenvalue weighted by molar-refractivity contribution is 7.98. The van der Waals surface area contributed by atoms with Gasteiger partial charge in [-0.25, -0.2) is 4.79 Å². The number of carbonyl (C=O) groups is 3. The van der Waals surface area contributed by atoms with Gasteiger partial charge in [0.1, 0.15) is 17.7 Å². The van der Waals surface area contributed by atoms with Crippen LogP contribution in [0.25, 0.3) is 0 Å². The Morgan fingerprint density at radius 2 is 1.82 bits per heavy atom. The lowest BCUT2D eigenvalue weighted by Gasteiger charge is -2.38. The highest BCUT2D eigenvalue weighted by atomic mass is 35.5. The molecule has 0 saturated carbocycles. The zero-order chi connectivity index (χ0) is 30.0. The molecule has 0 aliphatic heterocycles. The predicted octanol–water partition coefficient (Wildman–Crippen LogP) is 6.58. The van der Waals surface area contributed by atoms with Crippen molar-refractivity contribution in [3.63, 3.8) is 0 Å². The molecule has 0 fully saturated rings. The number of amides is 3. The summed E-state index contributed by atoms with van der Waals surface area (Å²) in [6, 6.07) is 9.98. The third-order valence-corrected chi connectivity index (χ3v) is 7.29. The van der Waals surface area contributed by atoms with Crippen molar-refractivity contribution in [2.24, 2.45) is 0 Å². The number of anilines is 1. The second kappa shape index (κ2) is 15.0. The molecule has 3 unspecified atom stereocenters. The Bertz CT molecular complexity index is 1220. The number of rotatable bonds is 11. The summed E-state index contributed by atoms with van der Waals surface area (Å²) in [5.41, 5.74) is 1.48. The molecule has 0 aliphatic carbocycles. The van der Waals surface area contributed by atoms with Gasteiger partial charge < -0.3 is 20.3 Å². The largest absolute Gasteiger partial charge is 0.444 e. The van der Waals surface area contributed by atoms with E-state index in [0.29, 0.717) is 40.4 Å². The van der Waals surface area contributed by atoms with Crippen LogP contribution in [0.5, 0.6) is 0 Å². The number of thioether (sulfide) groups is 1. The van der Waals surface area contributed by atoms with Crippen molar-refractivity contribution < 1.29 is 19.1 Å². The fourth-order valence-corrected chi connectivity index (χ4v) is 4.93. The monoisotopic (exact) mass is 585 g/mol. The number of para-hydroxylation sites is 1. The van der Waals surface area contributed by atoms with E-state index in [2.05, 4.69) is 16.6 Å². The van der Waals surface area contributed by atoms with Crippen LogP contribution in [0.3, 0.4) is 0 Å². The Labute approximate surface area is 247 Å². The molecular formula is C31H40ClN3O4S. The van der Waals surface area contributed by atoms with Crippen LogP contribution < -0.4 is 10.6 Å². The van der Waals surface area contributed by atoms with Crippen LogP contribution in [0.15, 0.2) is 42.5 Å². The van der Waals surface area contributed by atoms with Crippen molar-refractivity contribution in [1.82, 2.24) is 10.2 Å². The molecule has 40 heavy (non-hydrogen) atoms. The Hall–Kier alpha value is -3.15. The molecule has 3 atom stereocenters. The molecule has 9 heteroatoms. The van der Waals surface area contributed by atoms with Gasteiger partial charge in [-0.2, -0.15) is 11.8 Å². The first-order valence-corrected chi connectivity index (χ1v) is 15.0.